The predicted octanol–water partition coefficient (Wildman–Crippen LogP) is 3.29. The molecule has 0 aromatic heterocycles. The summed E-state index contributed by atoms with van der Waals surface area (Å²) < 4.78 is 44.2. The van der Waals surface area contributed by atoms with Crippen LogP contribution < -0.4 is 15.4 Å². The number of alkyl halides is 3. The van der Waals surface area contributed by atoms with Crippen molar-refractivity contribution in [3.05, 3.63) is 59.7 Å². The lowest BCUT2D eigenvalue weighted by atomic mass is 10.1. The highest BCUT2D eigenvalue weighted by Crippen LogP contribution is 2.34. The Balaban J connectivity index is 1.87. The van der Waals surface area contributed by atoms with E-state index in [9.17, 15) is 22.8 Å². The largest absolute Gasteiger partial charge is 0.497 e. The van der Waals surface area contributed by atoms with Gasteiger partial charge in [-0.15, -0.1) is 0 Å². The van der Waals surface area contributed by atoms with Crippen molar-refractivity contribution < 1.29 is 27.5 Å². The molecule has 0 heterocycles. The van der Waals surface area contributed by atoms with Gasteiger partial charge in [0.1, 0.15) is 5.75 Å². The van der Waals surface area contributed by atoms with Crippen molar-refractivity contribution in [1.29, 1.82) is 0 Å². The lowest BCUT2D eigenvalue weighted by Crippen LogP contribution is -2.41. The molecular weight excluding hydrogens is 399 g/mol. The molecule has 2 aromatic carbocycles. The Hall–Kier alpha value is -3.07. The van der Waals surface area contributed by atoms with Crippen LogP contribution in [0.2, 0.25) is 0 Å². The average molecular weight is 423 g/mol. The lowest BCUT2D eigenvalue weighted by Gasteiger charge is -2.20. The second-order valence-corrected chi connectivity index (χ2v) is 6.52. The van der Waals surface area contributed by atoms with Crippen molar-refractivity contribution in [3.8, 4) is 5.75 Å². The van der Waals surface area contributed by atoms with Crippen LogP contribution >= 0.6 is 0 Å². The van der Waals surface area contributed by atoms with Crippen molar-refractivity contribution in [2.24, 2.45) is 0 Å². The number of nitrogens with one attached hydrogen (secondary N) is 2. The van der Waals surface area contributed by atoms with Gasteiger partial charge in [-0.25, -0.2) is 0 Å². The van der Waals surface area contributed by atoms with Gasteiger partial charge < -0.3 is 15.4 Å². The van der Waals surface area contributed by atoms with E-state index >= 15 is 0 Å². The van der Waals surface area contributed by atoms with Crippen LogP contribution in [0.5, 0.6) is 5.75 Å². The number of hydrogen-bond donors (Lipinski definition) is 2. The van der Waals surface area contributed by atoms with E-state index in [0.717, 1.165) is 11.6 Å². The summed E-state index contributed by atoms with van der Waals surface area (Å²) in [6.07, 6.45) is -4.57. The summed E-state index contributed by atoms with van der Waals surface area (Å²) in [6, 6.07) is 12.0. The van der Waals surface area contributed by atoms with Gasteiger partial charge in [0.05, 0.1) is 31.5 Å². The molecule has 0 aliphatic rings. The molecule has 2 N–H and O–H groups in total. The fourth-order valence-electron chi connectivity index (χ4n) is 2.71. The van der Waals surface area contributed by atoms with Gasteiger partial charge in [-0.3, -0.25) is 14.5 Å². The van der Waals surface area contributed by atoms with Gasteiger partial charge >= 0.3 is 6.18 Å². The monoisotopic (exact) mass is 423 g/mol. The number of likely N-dealkylation sites (N-methyl/N-ethyl adjacent to an activating group) is 1. The van der Waals surface area contributed by atoms with Crippen LogP contribution in [0, 0.1) is 0 Å². The Kier molecular flexibility index (Phi) is 8.23. The minimum Gasteiger partial charge on any atom is -0.497 e. The minimum absolute atomic E-state index is 0.0546. The molecular formula is C21H24F3N3O3. The summed E-state index contributed by atoms with van der Waals surface area (Å²) in [5.41, 5.74) is -0.345. The van der Waals surface area contributed by atoms with E-state index in [1.54, 1.807) is 26.2 Å². The molecule has 0 saturated heterocycles. The number of halogens is 3. The van der Waals surface area contributed by atoms with Crippen molar-refractivity contribution in [2.45, 2.75) is 19.6 Å². The molecule has 2 rings (SSSR count). The Morgan fingerprint density at radius 2 is 1.63 bits per heavy atom. The fourth-order valence-corrected chi connectivity index (χ4v) is 2.71. The molecule has 2 aromatic rings. The van der Waals surface area contributed by atoms with Crippen LogP contribution in [0.25, 0.3) is 0 Å². The van der Waals surface area contributed by atoms with Crippen molar-refractivity contribution in [2.75, 3.05) is 32.1 Å². The molecule has 30 heavy (non-hydrogen) atoms. The maximum atomic E-state index is 13.0. The highest BCUT2D eigenvalue weighted by Gasteiger charge is 2.33. The van der Waals surface area contributed by atoms with Crippen LogP contribution in [-0.4, -0.2) is 43.5 Å². The summed E-state index contributed by atoms with van der Waals surface area (Å²) in [6.45, 7) is 2.18. The minimum atomic E-state index is -4.57. The molecule has 0 saturated carbocycles. The Labute approximate surface area is 173 Å². The molecule has 0 aliphatic carbocycles. The second-order valence-electron chi connectivity index (χ2n) is 6.52. The third-order valence-electron chi connectivity index (χ3n) is 4.34. The van der Waals surface area contributed by atoms with E-state index in [2.05, 4.69) is 10.6 Å². The molecule has 0 unspecified atom stereocenters. The number of ether oxygens (including phenoxy) is 1. The van der Waals surface area contributed by atoms with Gasteiger partial charge in [-0.1, -0.05) is 31.2 Å². The number of carbonyl (C=O) groups excluding carboxylic acids is 2. The SMILES string of the molecule is CCN(CC(=O)NCc1ccc(OC)cc1)CC(=O)Nc1ccccc1C(F)(F)F. The Morgan fingerprint density at radius 1 is 1.00 bits per heavy atom. The smallest absolute Gasteiger partial charge is 0.418 e. The molecule has 0 aliphatic heterocycles. The Morgan fingerprint density at radius 3 is 2.23 bits per heavy atom. The number of benzene rings is 2. The number of rotatable bonds is 9. The molecule has 0 fully saturated rings. The third-order valence-corrected chi connectivity index (χ3v) is 4.34. The first-order valence-corrected chi connectivity index (χ1v) is 9.31. The van der Waals surface area contributed by atoms with Gasteiger partial charge in [-0.05, 0) is 36.4 Å². The quantitative estimate of drug-likeness (QED) is 0.650. The third kappa shape index (κ3) is 7.07. The van der Waals surface area contributed by atoms with Gasteiger partial charge in [0.2, 0.25) is 11.8 Å². The first-order valence-electron chi connectivity index (χ1n) is 9.31. The number of anilines is 1. The zero-order chi connectivity index (χ0) is 22.1. The van der Waals surface area contributed by atoms with Crippen LogP contribution in [0.3, 0.4) is 0 Å². The second kappa shape index (κ2) is 10.6. The fraction of sp³-hybridized carbons (Fsp3) is 0.333. The first-order chi connectivity index (χ1) is 14.2. The molecule has 0 bridgehead atoms. The first kappa shape index (κ1) is 23.2. The van der Waals surface area contributed by atoms with Crippen LogP contribution in [0.15, 0.2) is 48.5 Å². The van der Waals surface area contributed by atoms with E-state index in [0.29, 0.717) is 18.8 Å². The molecule has 0 spiro atoms. The van der Waals surface area contributed by atoms with Gasteiger partial charge in [-0.2, -0.15) is 13.2 Å². The summed E-state index contributed by atoms with van der Waals surface area (Å²) in [5.74, 6) is -0.215. The molecule has 2 amide bonds. The average Bonchev–Trinajstić information content (AvgIpc) is 2.71. The number of amides is 2. The Bertz CT molecular complexity index is 855. The maximum absolute atomic E-state index is 13.0. The summed E-state index contributed by atoms with van der Waals surface area (Å²) in [7, 11) is 1.56. The van der Waals surface area contributed by atoms with Crippen LogP contribution in [0.4, 0.5) is 18.9 Å². The van der Waals surface area contributed by atoms with E-state index < -0.39 is 17.6 Å². The summed E-state index contributed by atoms with van der Waals surface area (Å²) in [5, 5.41) is 5.03. The standard InChI is InChI=1S/C21H24F3N3O3/c1-3-27(13-19(28)25-12-15-8-10-16(30-2)11-9-15)14-20(29)26-18-7-5-4-6-17(18)21(22,23)24/h4-11H,3,12-14H2,1-2H3,(H,25,28)(H,26,29). The normalized spacial score (nSPS) is 11.3. The number of carbonyl (C=O) groups is 2. The van der Waals surface area contributed by atoms with E-state index in [4.69, 9.17) is 4.74 Å². The van der Waals surface area contributed by atoms with Crippen molar-refractivity contribution in [1.82, 2.24) is 10.2 Å². The van der Waals surface area contributed by atoms with Gasteiger partial charge in [0, 0.05) is 6.54 Å². The number of nitrogens with zero attached hydrogens (tertiary/aromatic N) is 1. The number of para-hydroxylation sites is 1. The van der Waals surface area contributed by atoms with Crippen LogP contribution in [0.1, 0.15) is 18.1 Å². The lowest BCUT2D eigenvalue weighted by molar-refractivity contribution is -0.137. The van der Waals surface area contributed by atoms with E-state index in [-0.39, 0.29) is 24.7 Å². The van der Waals surface area contributed by atoms with Crippen molar-refractivity contribution in [3.63, 3.8) is 0 Å². The van der Waals surface area contributed by atoms with Crippen LogP contribution in [-0.2, 0) is 22.3 Å². The van der Waals surface area contributed by atoms with Gasteiger partial charge in [0.15, 0.2) is 0 Å². The zero-order valence-electron chi connectivity index (χ0n) is 16.8. The molecule has 9 heteroatoms. The summed E-state index contributed by atoms with van der Waals surface area (Å²) >= 11 is 0. The molecule has 0 atom stereocenters. The highest BCUT2D eigenvalue weighted by molar-refractivity contribution is 5.93. The molecule has 0 radical (unpaired) electrons. The maximum Gasteiger partial charge on any atom is 0.418 e. The highest BCUT2D eigenvalue weighted by atomic mass is 19.4. The summed E-state index contributed by atoms with van der Waals surface area (Å²) in [4.78, 5) is 25.9. The predicted molar refractivity (Wildman–Crippen MR) is 107 cm³/mol. The number of hydrogen-bond acceptors (Lipinski definition) is 4. The van der Waals surface area contributed by atoms with Crippen molar-refractivity contribution >= 4 is 17.5 Å². The molecule has 6 nitrogen and oxygen atoms in total. The topological polar surface area (TPSA) is 70.7 Å². The molecule has 162 valence electrons. The zero-order valence-corrected chi connectivity index (χ0v) is 16.8. The van der Waals surface area contributed by atoms with E-state index in [1.807, 2.05) is 12.1 Å². The number of methoxy groups -OCH3 is 1. The van der Waals surface area contributed by atoms with Gasteiger partial charge in [0.25, 0.3) is 0 Å². The van der Waals surface area contributed by atoms with E-state index in [1.165, 1.54) is 23.1 Å².